The first-order valence-electron chi connectivity index (χ1n) is 8.98. The van der Waals surface area contributed by atoms with Gasteiger partial charge in [0.1, 0.15) is 0 Å². The minimum absolute atomic E-state index is 0.213. The van der Waals surface area contributed by atoms with Crippen molar-refractivity contribution in [3.63, 3.8) is 0 Å². The minimum Gasteiger partial charge on any atom is -0.339 e. The Bertz CT molecular complexity index is 455. The summed E-state index contributed by atoms with van der Waals surface area (Å²) in [5.74, 6) is 1.79. The molecule has 0 aromatic heterocycles. The molecule has 2 nitrogen and oxygen atoms in total. The van der Waals surface area contributed by atoms with Gasteiger partial charge in [-0.2, -0.15) is 0 Å². The lowest BCUT2D eigenvalue weighted by Crippen LogP contribution is -2.38. The predicted octanol–water partition coefficient (Wildman–Crippen LogP) is 4.93. The molecule has 0 unspecified atom stereocenters. The fourth-order valence-corrected chi connectivity index (χ4v) is 3.42. The molecule has 1 fully saturated rings. The minimum atomic E-state index is 0.213. The maximum atomic E-state index is 12.6. The molecular weight excluding hydrogens is 270 g/mol. The number of carbonyl (C=O) groups is 1. The van der Waals surface area contributed by atoms with Crippen molar-refractivity contribution in [3.05, 3.63) is 35.4 Å². The van der Waals surface area contributed by atoms with Gasteiger partial charge in [0.2, 0.25) is 0 Å². The molecule has 1 aliphatic rings. The lowest BCUT2D eigenvalue weighted by atomic mass is 9.88. The Kier molecular flexibility index (Phi) is 6.48. The molecule has 1 amide bonds. The van der Waals surface area contributed by atoms with E-state index in [-0.39, 0.29) is 5.91 Å². The number of nitrogens with zero attached hydrogens (tertiary/aromatic N) is 1. The van der Waals surface area contributed by atoms with E-state index >= 15 is 0 Å². The summed E-state index contributed by atoms with van der Waals surface area (Å²) in [6.45, 7) is 8.64. The number of amides is 1. The first kappa shape index (κ1) is 17.1. The average molecular weight is 301 g/mol. The zero-order valence-corrected chi connectivity index (χ0v) is 14.5. The first-order chi connectivity index (χ1) is 10.6. The maximum absolute atomic E-state index is 12.6. The Balaban J connectivity index is 1.87. The highest BCUT2D eigenvalue weighted by Gasteiger charge is 2.23. The Morgan fingerprint density at radius 3 is 2.36 bits per heavy atom. The van der Waals surface area contributed by atoms with Crippen LogP contribution < -0.4 is 0 Å². The van der Waals surface area contributed by atoms with E-state index in [4.69, 9.17) is 0 Å². The van der Waals surface area contributed by atoms with Crippen molar-refractivity contribution < 1.29 is 4.79 Å². The van der Waals surface area contributed by atoms with Crippen LogP contribution >= 0.6 is 0 Å². The molecule has 0 bridgehead atoms. The number of unbranched alkanes of at least 4 members (excludes halogenated alkanes) is 1. The number of benzene rings is 1. The van der Waals surface area contributed by atoms with Crippen molar-refractivity contribution in [3.8, 4) is 0 Å². The molecule has 2 rings (SSSR count). The van der Waals surface area contributed by atoms with Crippen LogP contribution in [0.4, 0.5) is 0 Å². The van der Waals surface area contributed by atoms with Gasteiger partial charge in [0.25, 0.3) is 5.91 Å². The number of piperidine rings is 1. The van der Waals surface area contributed by atoms with E-state index in [9.17, 15) is 4.79 Å². The van der Waals surface area contributed by atoms with Crippen LogP contribution in [0.2, 0.25) is 0 Å². The highest BCUT2D eigenvalue weighted by Crippen LogP contribution is 2.25. The quantitative estimate of drug-likeness (QED) is 0.729. The highest BCUT2D eigenvalue weighted by molar-refractivity contribution is 5.94. The van der Waals surface area contributed by atoms with Crippen LogP contribution in [0, 0.1) is 11.8 Å². The number of rotatable bonds is 6. The lowest BCUT2D eigenvalue weighted by Gasteiger charge is -2.32. The van der Waals surface area contributed by atoms with Gasteiger partial charge in [-0.25, -0.2) is 0 Å². The highest BCUT2D eigenvalue weighted by atomic mass is 16.2. The number of hydrogen-bond acceptors (Lipinski definition) is 1. The van der Waals surface area contributed by atoms with E-state index in [0.717, 1.165) is 36.9 Å². The van der Waals surface area contributed by atoms with E-state index in [2.05, 4.69) is 32.9 Å². The van der Waals surface area contributed by atoms with E-state index < -0.39 is 0 Å². The molecule has 1 saturated heterocycles. The van der Waals surface area contributed by atoms with Crippen molar-refractivity contribution in [1.82, 2.24) is 4.90 Å². The molecule has 1 aromatic rings. The summed E-state index contributed by atoms with van der Waals surface area (Å²) in [6, 6.07) is 8.25. The molecule has 0 N–H and O–H groups in total. The molecule has 22 heavy (non-hydrogen) atoms. The number of aryl methyl sites for hydroxylation is 1. The molecule has 2 heteroatoms. The van der Waals surface area contributed by atoms with Gasteiger partial charge in [0, 0.05) is 18.7 Å². The molecule has 1 aliphatic heterocycles. The molecule has 0 spiro atoms. The zero-order chi connectivity index (χ0) is 15.9. The molecule has 122 valence electrons. The van der Waals surface area contributed by atoms with Gasteiger partial charge in [-0.1, -0.05) is 39.3 Å². The molecule has 0 atom stereocenters. The van der Waals surface area contributed by atoms with Crippen LogP contribution in [0.25, 0.3) is 0 Å². The van der Waals surface area contributed by atoms with Crippen LogP contribution in [-0.2, 0) is 6.42 Å². The summed E-state index contributed by atoms with van der Waals surface area (Å²) in [7, 11) is 0. The summed E-state index contributed by atoms with van der Waals surface area (Å²) in [4.78, 5) is 14.6. The molecule has 0 saturated carbocycles. The third kappa shape index (κ3) is 4.86. The third-order valence-corrected chi connectivity index (χ3v) is 4.73. The maximum Gasteiger partial charge on any atom is 0.253 e. The van der Waals surface area contributed by atoms with Crippen molar-refractivity contribution in [2.24, 2.45) is 11.8 Å². The summed E-state index contributed by atoms with van der Waals surface area (Å²) >= 11 is 0. The SMILES string of the molecule is CCCCc1ccc(C(=O)N2CCC(CC(C)C)CC2)cc1. The second-order valence-electron chi connectivity index (χ2n) is 7.17. The topological polar surface area (TPSA) is 20.3 Å². The standard InChI is InChI=1S/C20H31NO/c1-4-5-6-17-7-9-19(10-8-17)20(22)21-13-11-18(12-14-21)15-16(2)3/h7-10,16,18H,4-6,11-15H2,1-3H3. The van der Waals surface area contributed by atoms with Gasteiger partial charge < -0.3 is 4.90 Å². The molecule has 0 radical (unpaired) electrons. The number of likely N-dealkylation sites (tertiary alicyclic amines) is 1. The summed E-state index contributed by atoms with van der Waals surface area (Å²) in [5, 5.41) is 0. The molecular formula is C20H31NO. The van der Waals surface area contributed by atoms with E-state index in [1.165, 1.54) is 37.7 Å². The van der Waals surface area contributed by atoms with Crippen LogP contribution in [0.15, 0.2) is 24.3 Å². The van der Waals surface area contributed by atoms with Gasteiger partial charge >= 0.3 is 0 Å². The zero-order valence-electron chi connectivity index (χ0n) is 14.5. The van der Waals surface area contributed by atoms with Gasteiger partial charge in [-0.05, 0) is 61.6 Å². The summed E-state index contributed by atoms with van der Waals surface area (Å²) < 4.78 is 0. The number of carbonyl (C=O) groups excluding carboxylic acids is 1. The van der Waals surface area contributed by atoms with Crippen LogP contribution in [0.1, 0.15) is 68.8 Å². The average Bonchev–Trinajstić information content (AvgIpc) is 2.53. The Labute approximate surface area is 135 Å². The second kappa shape index (κ2) is 8.36. The van der Waals surface area contributed by atoms with Crippen molar-refractivity contribution >= 4 is 5.91 Å². The van der Waals surface area contributed by atoms with E-state index in [1.54, 1.807) is 0 Å². The van der Waals surface area contributed by atoms with Gasteiger partial charge in [-0.15, -0.1) is 0 Å². The smallest absolute Gasteiger partial charge is 0.253 e. The monoisotopic (exact) mass is 301 g/mol. The molecule has 0 aliphatic carbocycles. The van der Waals surface area contributed by atoms with Crippen LogP contribution in [0.5, 0.6) is 0 Å². The van der Waals surface area contributed by atoms with Crippen LogP contribution in [-0.4, -0.2) is 23.9 Å². The number of hydrogen-bond donors (Lipinski definition) is 0. The van der Waals surface area contributed by atoms with Crippen molar-refractivity contribution in [1.29, 1.82) is 0 Å². The Morgan fingerprint density at radius 1 is 1.18 bits per heavy atom. The predicted molar refractivity (Wildman–Crippen MR) is 93.1 cm³/mol. The van der Waals surface area contributed by atoms with E-state index in [1.807, 2.05) is 17.0 Å². The van der Waals surface area contributed by atoms with Crippen LogP contribution in [0.3, 0.4) is 0 Å². The fourth-order valence-electron chi connectivity index (χ4n) is 3.42. The van der Waals surface area contributed by atoms with E-state index in [0.29, 0.717) is 0 Å². The summed E-state index contributed by atoms with van der Waals surface area (Å²) in [5.41, 5.74) is 2.19. The largest absolute Gasteiger partial charge is 0.339 e. The normalized spacial score (nSPS) is 16.3. The van der Waals surface area contributed by atoms with Gasteiger partial charge in [0.05, 0.1) is 0 Å². The Morgan fingerprint density at radius 2 is 1.82 bits per heavy atom. The Hall–Kier alpha value is -1.31. The lowest BCUT2D eigenvalue weighted by molar-refractivity contribution is 0.0681. The van der Waals surface area contributed by atoms with Gasteiger partial charge in [0.15, 0.2) is 0 Å². The molecule has 1 heterocycles. The second-order valence-corrected chi connectivity index (χ2v) is 7.17. The summed E-state index contributed by atoms with van der Waals surface area (Å²) in [6.07, 6.45) is 7.18. The molecule has 1 aromatic carbocycles. The van der Waals surface area contributed by atoms with Crippen molar-refractivity contribution in [2.45, 2.75) is 59.3 Å². The van der Waals surface area contributed by atoms with Gasteiger partial charge in [-0.3, -0.25) is 4.79 Å². The van der Waals surface area contributed by atoms with Crippen molar-refractivity contribution in [2.75, 3.05) is 13.1 Å². The first-order valence-corrected chi connectivity index (χ1v) is 8.98. The fraction of sp³-hybridized carbons (Fsp3) is 0.650. The third-order valence-electron chi connectivity index (χ3n) is 4.73.